The molecule has 0 aliphatic rings. The molecule has 1 aromatic carbocycles. The molecule has 1 atom stereocenters. The van der Waals surface area contributed by atoms with Gasteiger partial charge in [-0.15, -0.1) is 11.3 Å². The Morgan fingerprint density at radius 3 is 2.54 bits per heavy atom. The van der Waals surface area contributed by atoms with E-state index in [0.29, 0.717) is 18.7 Å². The molecule has 0 saturated heterocycles. The second-order valence-corrected chi connectivity index (χ2v) is 7.88. The number of amides is 1. The van der Waals surface area contributed by atoms with E-state index in [1.165, 1.54) is 9.75 Å². The molecule has 1 unspecified atom stereocenters. The van der Waals surface area contributed by atoms with E-state index in [-0.39, 0.29) is 11.9 Å². The van der Waals surface area contributed by atoms with Crippen LogP contribution < -0.4 is 20.7 Å². The summed E-state index contributed by atoms with van der Waals surface area (Å²) in [6.45, 7) is 8.07. The normalized spacial score (nSPS) is 12.4. The van der Waals surface area contributed by atoms with Crippen LogP contribution in [-0.2, 0) is 6.42 Å². The van der Waals surface area contributed by atoms with E-state index in [0.717, 1.165) is 24.7 Å². The van der Waals surface area contributed by atoms with Crippen molar-refractivity contribution in [2.24, 2.45) is 4.99 Å². The fourth-order valence-electron chi connectivity index (χ4n) is 2.68. The number of aliphatic imine (C=N–C) groups is 1. The van der Waals surface area contributed by atoms with Crippen LogP contribution in [0.2, 0.25) is 0 Å². The topological polar surface area (TPSA) is 74.8 Å². The largest absolute Gasteiger partial charge is 0.497 e. The molecule has 0 aliphatic carbocycles. The molecule has 0 radical (unpaired) electrons. The van der Waals surface area contributed by atoms with Gasteiger partial charge in [-0.1, -0.05) is 0 Å². The Bertz CT molecular complexity index is 771. The number of hydrogen-bond donors (Lipinski definition) is 3. The number of thiophene rings is 1. The van der Waals surface area contributed by atoms with Crippen LogP contribution in [0.1, 0.15) is 34.0 Å². The van der Waals surface area contributed by atoms with Crippen LogP contribution in [-0.4, -0.2) is 44.7 Å². The summed E-state index contributed by atoms with van der Waals surface area (Å²) < 4.78 is 5.10. The van der Waals surface area contributed by atoms with E-state index >= 15 is 0 Å². The number of aryl methyl sites for hydroxylation is 1. The fourth-order valence-corrected chi connectivity index (χ4v) is 3.70. The first kappa shape index (κ1) is 21.8. The van der Waals surface area contributed by atoms with Crippen LogP contribution >= 0.6 is 11.3 Å². The molecule has 0 bridgehead atoms. The summed E-state index contributed by atoms with van der Waals surface area (Å²) in [7, 11) is 1.60. The summed E-state index contributed by atoms with van der Waals surface area (Å²) in [5.74, 6) is 1.38. The maximum atomic E-state index is 12.2. The lowest BCUT2D eigenvalue weighted by Gasteiger charge is -2.17. The summed E-state index contributed by atoms with van der Waals surface area (Å²) in [6, 6.07) is 11.6. The van der Waals surface area contributed by atoms with Crippen molar-refractivity contribution in [2.45, 2.75) is 33.2 Å². The van der Waals surface area contributed by atoms with Gasteiger partial charge in [0.05, 0.1) is 13.7 Å². The Labute approximate surface area is 171 Å². The van der Waals surface area contributed by atoms with Crippen molar-refractivity contribution in [1.82, 2.24) is 16.0 Å². The van der Waals surface area contributed by atoms with E-state index in [1.54, 1.807) is 31.4 Å². The number of nitrogens with zero attached hydrogens (tertiary/aromatic N) is 1. The highest BCUT2D eigenvalue weighted by Crippen LogP contribution is 2.16. The van der Waals surface area contributed by atoms with Crippen molar-refractivity contribution in [3.8, 4) is 5.75 Å². The molecular weight excluding hydrogens is 372 g/mol. The van der Waals surface area contributed by atoms with Gasteiger partial charge in [-0.3, -0.25) is 9.79 Å². The lowest BCUT2D eigenvalue weighted by atomic mass is 10.2. The van der Waals surface area contributed by atoms with Crippen molar-refractivity contribution in [3.05, 3.63) is 51.7 Å². The molecular formula is C21H30N4O2S. The number of rotatable bonds is 9. The Morgan fingerprint density at radius 1 is 1.18 bits per heavy atom. The monoisotopic (exact) mass is 402 g/mol. The molecule has 2 aromatic rings. The Balaban J connectivity index is 1.79. The minimum atomic E-state index is -0.114. The fraction of sp³-hybridized carbons (Fsp3) is 0.429. The van der Waals surface area contributed by atoms with Gasteiger partial charge >= 0.3 is 0 Å². The van der Waals surface area contributed by atoms with Gasteiger partial charge < -0.3 is 20.7 Å². The molecule has 0 spiro atoms. The average molecular weight is 403 g/mol. The van der Waals surface area contributed by atoms with Crippen LogP contribution in [0.4, 0.5) is 0 Å². The second kappa shape index (κ2) is 11.3. The lowest BCUT2D eigenvalue weighted by Crippen LogP contribution is -2.43. The molecule has 6 nitrogen and oxygen atoms in total. The molecule has 0 saturated carbocycles. The number of benzene rings is 1. The molecule has 28 heavy (non-hydrogen) atoms. The molecule has 3 N–H and O–H groups in total. The highest BCUT2D eigenvalue weighted by Gasteiger charge is 2.08. The first-order chi connectivity index (χ1) is 13.5. The number of ether oxygens (including phenoxy) is 1. The van der Waals surface area contributed by atoms with Crippen LogP contribution in [0, 0.1) is 6.92 Å². The second-order valence-electron chi connectivity index (χ2n) is 6.51. The third-order valence-electron chi connectivity index (χ3n) is 4.05. The van der Waals surface area contributed by atoms with Gasteiger partial charge in [-0.05, 0) is 57.2 Å². The SMILES string of the molecule is CCNC(=NCCNC(=O)c1ccc(OC)cc1)NC(C)Cc1ccc(C)s1. The minimum Gasteiger partial charge on any atom is -0.497 e. The summed E-state index contributed by atoms with van der Waals surface area (Å²) in [5, 5.41) is 9.57. The standard InChI is InChI=1S/C21H30N4O2S/c1-5-22-21(25-15(2)14-19-11-6-16(3)28-19)24-13-12-23-20(26)17-7-9-18(27-4)10-8-17/h6-11,15H,5,12-14H2,1-4H3,(H,23,26)(H2,22,24,25). The zero-order chi connectivity index (χ0) is 20.4. The van der Waals surface area contributed by atoms with Gasteiger partial charge in [-0.25, -0.2) is 0 Å². The van der Waals surface area contributed by atoms with E-state index in [9.17, 15) is 4.79 Å². The Morgan fingerprint density at radius 2 is 1.93 bits per heavy atom. The molecule has 7 heteroatoms. The minimum absolute atomic E-state index is 0.114. The average Bonchev–Trinajstić information content (AvgIpc) is 3.09. The van der Waals surface area contributed by atoms with Crippen molar-refractivity contribution in [1.29, 1.82) is 0 Å². The quantitative estimate of drug-likeness (QED) is 0.342. The van der Waals surface area contributed by atoms with Crippen molar-refractivity contribution in [2.75, 3.05) is 26.7 Å². The zero-order valence-electron chi connectivity index (χ0n) is 17.0. The summed E-state index contributed by atoms with van der Waals surface area (Å²) in [4.78, 5) is 19.4. The van der Waals surface area contributed by atoms with Crippen LogP contribution in [0.5, 0.6) is 5.75 Å². The van der Waals surface area contributed by atoms with Crippen LogP contribution in [0.3, 0.4) is 0 Å². The van der Waals surface area contributed by atoms with Crippen molar-refractivity contribution >= 4 is 23.2 Å². The number of guanidine groups is 1. The van der Waals surface area contributed by atoms with Gasteiger partial charge in [0.15, 0.2) is 5.96 Å². The highest BCUT2D eigenvalue weighted by atomic mass is 32.1. The van der Waals surface area contributed by atoms with Crippen LogP contribution in [0.15, 0.2) is 41.4 Å². The summed E-state index contributed by atoms with van der Waals surface area (Å²) in [5.41, 5.74) is 0.606. The van der Waals surface area contributed by atoms with E-state index in [4.69, 9.17) is 4.74 Å². The number of carbonyl (C=O) groups excluding carboxylic acids is 1. The van der Waals surface area contributed by atoms with E-state index in [2.05, 4.69) is 46.9 Å². The van der Waals surface area contributed by atoms with Gasteiger partial charge in [0.1, 0.15) is 5.75 Å². The predicted octanol–water partition coefficient (Wildman–Crippen LogP) is 2.98. The number of nitrogens with one attached hydrogen (secondary N) is 3. The maximum Gasteiger partial charge on any atom is 0.251 e. The molecule has 0 aliphatic heterocycles. The smallest absolute Gasteiger partial charge is 0.251 e. The van der Waals surface area contributed by atoms with Gasteiger partial charge in [-0.2, -0.15) is 0 Å². The zero-order valence-corrected chi connectivity index (χ0v) is 17.9. The van der Waals surface area contributed by atoms with E-state index < -0.39 is 0 Å². The predicted molar refractivity (Wildman–Crippen MR) is 117 cm³/mol. The first-order valence-corrected chi connectivity index (χ1v) is 10.4. The molecule has 1 heterocycles. The summed E-state index contributed by atoms with van der Waals surface area (Å²) >= 11 is 1.83. The van der Waals surface area contributed by atoms with Crippen LogP contribution in [0.25, 0.3) is 0 Å². The molecule has 1 amide bonds. The van der Waals surface area contributed by atoms with Gasteiger partial charge in [0.2, 0.25) is 0 Å². The maximum absolute atomic E-state index is 12.2. The third kappa shape index (κ3) is 7.23. The highest BCUT2D eigenvalue weighted by molar-refractivity contribution is 7.11. The Hall–Kier alpha value is -2.54. The number of hydrogen-bond acceptors (Lipinski definition) is 4. The van der Waals surface area contributed by atoms with Gasteiger partial charge in [0.25, 0.3) is 5.91 Å². The van der Waals surface area contributed by atoms with Crippen molar-refractivity contribution in [3.63, 3.8) is 0 Å². The first-order valence-electron chi connectivity index (χ1n) is 9.54. The molecule has 1 aromatic heterocycles. The van der Waals surface area contributed by atoms with Crippen molar-refractivity contribution < 1.29 is 9.53 Å². The number of carbonyl (C=O) groups is 1. The Kier molecular flexibility index (Phi) is 8.81. The number of methoxy groups -OCH3 is 1. The third-order valence-corrected chi connectivity index (χ3v) is 5.07. The lowest BCUT2D eigenvalue weighted by molar-refractivity contribution is 0.0954. The van der Waals surface area contributed by atoms with Gasteiger partial charge in [0, 0.05) is 40.9 Å². The van der Waals surface area contributed by atoms with E-state index in [1.807, 2.05) is 18.3 Å². The molecule has 152 valence electrons. The molecule has 2 rings (SSSR count). The summed E-state index contributed by atoms with van der Waals surface area (Å²) in [6.07, 6.45) is 0.955. The molecule has 0 fully saturated rings.